The molecule has 5 nitrogen and oxygen atoms in total. The van der Waals surface area contributed by atoms with Crippen molar-refractivity contribution in [2.24, 2.45) is 0 Å². The lowest BCUT2D eigenvalue weighted by molar-refractivity contribution is -0.136. The minimum Gasteiger partial charge on any atom is -0.339 e. The molecule has 26 heavy (non-hydrogen) atoms. The zero-order valence-electron chi connectivity index (χ0n) is 14.7. The smallest absolute Gasteiger partial charge is 0.256 e. The third-order valence-corrected chi connectivity index (χ3v) is 5.66. The van der Waals surface area contributed by atoms with Crippen molar-refractivity contribution < 1.29 is 9.59 Å². The summed E-state index contributed by atoms with van der Waals surface area (Å²) in [5, 5.41) is 4.07. The number of hydrogen-bond acceptors (Lipinski definition) is 3. The van der Waals surface area contributed by atoms with Gasteiger partial charge in [-0.25, -0.2) is 0 Å². The number of nitrogens with one attached hydrogen (secondary N) is 1. The zero-order valence-corrected chi connectivity index (χ0v) is 17.0. The molecule has 0 radical (unpaired) electrons. The molecule has 1 aromatic carbocycles. The summed E-state index contributed by atoms with van der Waals surface area (Å²) in [6, 6.07) is 4.76. The van der Waals surface area contributed by atoms with Crippen molar-refractivity contribution >= 4 is 47.4 Å². The van der Waals surface area contributed by atoms with Crippen molar-refractivity contribution in [1.82, 2.24) is 15.1 Å². The van der Waals surface area contributed by atoms with E-state index in [0.717, 1.165) is 25.8 Å². The first-order chi connectivity index (χ1) is 12.0. The standard InChI is InChI=1S/C18H23Cl2N3O2.ClH/c1-21-13-4-2-8-22(11-13)18(25)16-5-3-9-23(16)17(24)14-10-12(19)6-7-15(14)20;/h6-7,10,13,16,21H,2-5,8-9,11H2,1H3;1H. The van der Waals surface area contributed by atoms with Gasteiger partial charge in [0.15, 0.2) is 0 Å². The quantitative estimate of drug-likeness (QED) is 0.817. The molecule has 2 unspecified atom stereocenters. The van der Waals surface area contributed by atoms with Crippen LogP contribution >= 0.6 is 35.6 Å². The van der Waals surface area contributed by atoms with Crippen molar-refractivity contribution in [3.8, 4) is 0 Å². The van der Waals surface area contributed by atoms with Crippen LogP contribution in [0.5, 0.6) is 0 Å². The topological polar surface area (TPSA) is 52.7 Å². The van der Waals surface area contributed by atoms with Gasteiger partial charge in [-0.15, -0.1) is 12.4 Å². The van der Waals surface area contributed by atoms with Crippen LogP contribution in [0, 0.1) is 0 Å². The van der Waals surface area contributed by atoms with Crippen LogP contribution in [-0.2, 0) is 4.79 Å². The van der Waals surface area contributed by atoms with Crippen molar-refractivity contribution in [1.29, 1.82) is 0 Å². The van der Waals surface area contributed by atoms with E-state index in [2.05, 4.69) is 5.32 Å². The van der Waals surface area contributed by atoms with E-state index in [9.17, 15) is 9.59 Å². The monoisotopic (exact) mass is 419 g/mol. The highest BCUT2D eigenvalue weighted by Gasteiger charge is 2.38. The van der Waals surface area contributed by atoms with Crippen LogP contribution in [0.25, 0.3) is 0 Å². The molecule has 2 amide bonds. The molecule has 2 fully saturated rings. The fourth-order valence-corrected chi connectivity index (χ4v) is 4.08. The molecule has 2 saturated heterocycles. The maximum Gasteiger partial charge on any atom is 0.256 e. The highest BCUT2D eigenvalue weighted by atomic mass is 35.5. The fraction of sp³-hybridized carbons (Fsp3) is 0.556. The van der Waals surface area contributed by atoms with Gasteiger partial charge in [-0.05, 0) is 50.9 Å². The van der Waals surface area contributed by atoms with Gasteiger partial charge >= 0.3 is 0 Å². The molecule has 3 rings (SSSR count). The lowest BCUT2D eigenvalue weighted by Crippen LogP contribution is -2.53. The van der Waals surface area contributed by atoms with E-state index in [4.69, 9.17) is 23.2 Å². The SMILES string of the molecule is CNC1CCCN(C(=O)C2CCCN2C(=O)c2cc(Cl)ccc2Cl)C1.Cl. The minimum atomic E-state index is -0.404. The van der Waals surface area contributed by atoms with Gasteiger partial charge in [0.25, 0.3) is 5.91 Å². The molecule has 1 aromatic rings. The second-order valence-electron chi connectivity index (χ2n) is 6.69. The first kappa shape index (κ1) is 21.3. The number of carbonyl (C=O) groups excluding carboxylic acids is 2. The zero-order chi connectivity index (χ0) is 18.0. The molecule has 0 aliphatic carbocycles. The second-order valence-corrected chi connectivity index (χ2v) is 7.54. The number of likely N-dealkylation sites (tertiary alicyclic amines) is 2. The van der Waals surface area contributed by atoms with Crippen LogP contribution in [0.4, 0.5) is 0 Å². The van der Waals surface area contributed by atoms with Crippen LogP contribution in [0.2, 0.25) is 10.0 Å². The van der Waals surface area contributed by atoms with Gasteiger partial charge in [0.2, 0.25) is 5.91 Å². The van der Waals surface area contributed by atoms with Gasteiger partial charge < -0.3 is 15.1 Å². The summed E-state index contributed by atoms with van der Waals surface area (Å²) < 4.78 is 0. The maximum atomic E-state index is 13.0. The van der Waals surface area contributed by atoms with Crippen molar-refractivity contribution in [2.45, 2.75) is 37.8 Å². The van der Waals surface area contributed by atoms with Crippen LogP contribution < -0.4 is 5.32 Å². The maximum absolute atomic E-state index is 13.0. The number of piperidine rings is 1. The number of carbonyl (C=O) groups is 2. The molecule has 0 bridgehead atoms. The van der Waals surface area contributed by atoms with E-state index < -0.39 is 6.04 Å². The molecule has 0 spiro atoms. The Labute approximate surface area is 170 Å². The van der Waals surface area contributed by atoms with Gasteiger partial charge in [-0.3, -0.25) is 9.59 Å². The second kappa shape index (κ2) is 9.27. The summed E-state index contributed by atoms with van der Waals surface area (Å²) in [7, 11) is 1.92. The van der Waals surface area contributed by atoms with Crippen molar-refractivity contribution in [2.75, 3.05) is 26.7 Å². The molecule has 2 aliphatic heterocycles. The van der Waals surface area contributed by atoms with Crippen LogP contribution in [0.1, 0.15) is 36.0 Å². The molecular formula is C18H24Cl3N3O2. The number of hydrogen-bond donors (Lipinski definition) is 1. The van der Waals surface area contributed by atoms with E-state index in [1.165, 1.54) is 0 Å². The molecular weight excluding hydrogens is 397 g/mol. The third-order valence-electron chi connectivity index (χ3n) is 5.10. The Balaban J connectivity index is 0.00000243. The average Bonchev–Trinajstić information content (AvgIpc) is 3.12. The van der Waals surface area contributed by atoms with E-state index in [-0.39, 0.29) is 24.2 Å². The van der Waals surface area contributed by atoms with Crippen LogP contribution in [-0.4, -0.2) is 60.4 Å². The Hall–Kier alpha value is -1.01. The molecule has 0 aromatic heterocycles. The first-order valence-corrected chi connectivity index (χ1v) is 9.49. The highest BCUT2D eigenvalue weighted by molar-refractivity contribution is 6.35. The van der Waals surface area contributed by atoms with Gasteiger partial charge in [0.05, 0.1) is 10.6 Å². The van der Waals surface area contributed by atoms with Gasteiger partial charge in [-0.2, -0.15) is 0 Å². The third kappa shape index (κ3) is 4.45. The molecule has 2 atom stereocenters. The van der Waals surface area contributed by atoms with Crippen molar-refractivity contribution in [3.63, 3.8) is 0 Å². The normalized spacial score (nSPS) is 22.9. The largest absolute Gasteiger partial charge is 0.339 e. The Morgan fingerprint density at radius 2 is 1.88 bits per heavy atom. The highest BCUT2D eigenvalue weighted by Crippen LogP contribution is 2.27. The lowest BCUT2D eigenvalue weighted by Gasteiger charge is -2.36. The summed E-state index contributed by atoms with van der Waals surface area (Å²) in [5.41, 5.74) is 0.362. The molecule has 2 aliphatic rings. The average molecular weight is 421 g/mol. The predicted molar refractivity (Wildman–Crippen MR) is 106 cm³/mol. The van der Waals surface area contributed by atoms with Gasteiger partial charge in [0.1, 0.15) is 6.04 Å². The number of nitrogens with zero attached hydrogens (tertiary/aromatic N) is 2. The Bertz CT molecular complexity index is 671. The number of halogens is 3. The molecule has 0 saturated carbocycles. The lowest BCUT2D eigenvalue weighted by atomic mass is 10.0. The van der Waals surface area contributed by atoms with E-state index >= 15 is 0 Å². The summed E-state index contributed by atoms with van der Waals surface area (Å²) in [4.78, 5) is 29.5. The van der Waals surface area contributed by atoms with Gasteiger partial charge in [-0.1, -0.05) is 23.2 Å². The molecule has 144 valence electrons. The molecule has 8 heteroatoms. The van der Waals surface area contributed by atoms with Gasteiger partial charge in [0, 0.05) is 30.7 Å². The first-order valence-electron chi connectivity index (χ1n) is 8.73. The minimum absolute atomic E-state index is 0. The van der Waals surface area contributed by atoms with Crippen LogP contribution in [0.15, 0.2) is 18.2 Å². The summed E-state index contributed by atoms with van der Waals surface area (Å²) in [5.74, 6) is -0.172. The fourth-order valence-electron chi connectivity index (χ4n) is 3.71. The van der Waals surface area contributed by atoms with E-state index in [1.54, 1.807) is 23.1 Å². The Morgan fingerprint density at radius 3 is 2.62 bits per heavy atom. The Morgan fingerprint density at radius 1 is 1.15 bits per heavy atom. The summed E-state index contributed by atoms with van der Waals surface area (Å²) in [6.45, 7) is 2.03. The molecule has 2 heterocycles. The summed E-state index contributed by atoms with van der Waals surface area (Å²) in [6.07, 6.45) is 3.58. The number of rotatable bonds is 3. The van der Waals surface area contributed by atoms with E-state index in [1.807, 2.05) is 11.9 Å². The van der Waals surface area contributed by atoms with Crippen LogP contribution in [0.3, 0.4) is 0 Å². The molecule has 1 N–H and O–H groups in total. The summed E-state index contributed by atoms with van der Waals surface area (Å²) >= 11 is 12.2. The number of benzene rings is 1. The van der Waals surface area contributed by atoms with Crippen molar-refractivity contribution in [3.05, 3.63) is 33.8 Å². The Kier molecular flexibility index (Phi) is 7.59. The predicted octanol–water partition coefficient (Wildman–Crippen LogP) is 3.23. The van der Waals surface area contributed by atoms with E-state index in [0.29, 0.717) is 41.2 Å². The number of amides is 2. The number of likely N-dealkylation sites (N-methyl/N-ethyl adjacent to an activating group) is 1.